The fourth-order valence-corrected chi connectivity index (χ4v) is 1.63. The van der Waals surface area contributed by atoms with E-state index < -0.39 is 0 Å². The van der Waals surface area contributed by atoms with Crippen LogP contribution in [0.15, 0.2) is 18.3 Å². The van der Waals surface area contributed by atoms with Crippen molar-refractivity contribution in [1.82, 2.24) is 9.88 Å². The van der Waals surface area contributed by atoms with Crippen LogP contribution in [0.1, 0.15) is 18.4 Å². The molecule has 1 saturated heterocycles. The number of hydrazine groups is 1. The third kappa shape index (κ3) is 2.01. The lowest BCUT2D eigenvalue weighted by molar-refractivity contribution is -0.139. The van der Waals surface area contributed by atoms with Gasteiger partial charge in [0.1, 0.15) is 5.82 Å². The highest BCUT2D eigenvalue weighted by Gasteiger charge is 2.28. The Morgan fingerprint density at radius 3 is 2.69 bits per heavy atom. The highest BCUT2D eigenvalue weighted by molar-refractivity contribution is 6.01. The van der Waals surface area contributed by atoms with E-state index in [0.29, 0.717) is 18.7 Å². The fourth-order valence-electron chi connectivity index (χ4n) is 1.63. The Balaban J connectivity index is 2.14. The van der Waals surface area contributed by atoms with Gasteiger partial charge in [-0.3, -0.25) is 14.5 Å². The molecule has 0 aliphatic carbocycles. The summed E-state index contributed by atoms with van der Waals surface area (Å²) in [4.78, 5) is 28.0. The molecule has 0 bridgehead atoms. The van der Waals surface area contributed by atoms with Crippen molar-refractivity contribution in [2.24, 2.45) is 5.84 Å². The highest BCUT2D eigenvalue weighted by atomic mass is 16.2. The van der Waals surface area contributed by atoms with Gasteiger partial charge in [0, 0.05) is 19.0 Å². The number of rotatable bonds is 3. The topological polar surface area (TPSA) is 88.3 Å². The van der Waals surface area contributed by atoms with E-state index in [9.17, 15) is 9.59 Å². The molecule has 1 aliphatic rings. The van der Waals surface area contributed by atoms with Crippen molar-refractivity contribution in [2.75, 3.05) is 5.43 Å². The first kappa shape index (κ1) is 10.6. The van der Waals surface area contributed by atoms with Crippen LogP contribution in [0, 0.1) is 0 Å². The number of carbonyl (C=O) groups is 2. The van der Waals surface area contributed by atoms with E-state index in [1.807, 2.05) is 0 Å². The zero-order valence-electron chi connectivity index (χ0n) is 8.64. The van der Waals surface area contributed by atoms with Gasteiger partial charge in [-0.2, -0.15) is 0 Å². The van der Waals surface area contributed by atoms with Gasteiger partial charge in [0.15, 0.2) is 0 Å². The summed E-state index contributed by atoms with van der Waals surface area (Å²) in [6, 6.07) is 3.46. The third-order valence-electron chi connectivity index (χ3n) is 2.47. The molecule has 0 saturated carbocycles. The van der Waals surface area contributed by atoms with E-state index in [1.165, 1.54) is 4.90 Å². The first-order chi connectivity index (χ1) is 7.70. The maximum absolute atomic E-state index is 11.4. The molecule has 6 heteroatoms. The first-order valence-corrected chi connectivity index (χ1v) is 4.95. The Labute approximate surface area is 92.4 Å². The van der Waals surface area contributed by atoms with Crippen LogP contribution in [-0.4, -0.2) is 21.7 Å². The molecule has 0 unspecified atom stereocenters. The Morgan fingerprint density at radius 2 is 2.06 bits per heavy atom. The fraction of sp³-hybridized carbons (Fsp3) is 0.300. The largest absolute Gasteiger partial charge is 0.308 e. The zero-order valence-corrected chi connectivity index (χ0v) is 8.64. The number of nitrogens with zero attached hydrogens (tertiary/aromatic N) is 2. The molecule has 0 atom stereocenters. The monoisotopic (exact) mass is 220 g/mol. The Morgan fingerprint density at radius 1 is 1.38 bits per heavy atom. The molecule has 2 heterocycles. The van der Waals surface area contributed by atoms with Gasteiger partial charge in [-0.05, 0) is 17.7 Å². The lowest BCUT2D eigenvalue weighted by Gasteiger charge is -2.13. The van der Waals surface area contributed by atoms with Crippen molar-refractivity contribution in [2.45, 2.75) is 19.4 Å². The van der Waals surface area contributed by atoms with Crippen molar-refractivity contribution in [3.8, 4) is 0 Å². The SMILES string of the molecule is NNc1cc(CN2C(=O)CCC2=O)ccn1. The van der Waals surface area contributed by atoms with E-state index in [0.717, 1.165) is 5.56 Å². The van der Waals surface area contributed by atoms with Crippen LogP contribution in [-0.2, 0) is 16.1 Å². The number of hydrogen-bond acceptors (Lipinski definition) is 5. The number of carbonyl (C=O) groups excluding carboxylic acids is 2. The normalized spacial score (nSPS) is 15.7. The van der Waals surface area contributed by atoms with Crippen LogP contribution in [0.2, 0.25) is 0 Å². The second-order valence-electron chi connectivity index (χ2n) is 3.57. The van der Waals surface area contributed by atoms with Crippen LogP contribution in [0.25, 0.3) is 0 Å². The van der Waals surface area contributed by atoms with Gasteiger partial charge < -0.3 is 5.43 Å². The number of amides is 2. The molecular formula is C10H12N4O2. The quantitative estimate of drug-likeness (QED) is 0.426. The average Bonchev–Trinajstić information content (AvgIpc) is 2.61. The maximum atomic E-state index is 11.4. The van der Waals surface area contributed by atoms with Gasteiger partial charge in [0.05, 0.1) is 6.54 Å². The average molecular weight is 220 g/mol. The minimum absolute atomic E-state index is 0.121. The molecular weight excluding hydrogens is 208 g/mol. The third-order valence-corrected chi connectivity index (χ3v) is 2.47. The molecule has 2 rings (SSSR count). The van der Waals surface area contributed by atoms with Crippen molar-refractivity contribution in [3.05, 3.63) is 23.9 Å². The van der Waals surface area contributed by atoms with E-state index >= 15 is 0 Å². The number of anilines is 1. The molecule has 6 nitrogen and oxygen atoms in total. The predicted molar refractivity (Wildman–Crippen MR) is 56.8 cm³/mol. The lowest BCUT2D eigenvalue weighted by atomic mass is 10.2. The molecule has 84 valence electrons. The van der Waals surface area contributed by atoms with Gasteiger partial charge in [-0.25, -0.2) is 10.8 Å². The number of imide groups is 1. The molecule has 1 aromatic heterocycles. The summed E-state index contributed by atoms with van der Waals surface area (Å²) in [6.45, 7) is 0.287. The van der Waals surface area contributed by atoms with Crippen molar-refractivity contribution in [3.63, 3.8) is 0 Å². The van der Waals surface area contributed by atoms with Gasteiger partial charge in [0.25, 0.3) is 0 Å². The Hall–Kier alpha value is -1.95. The summed E-state index contributed by atoms with van der Waals surface area (Å²) in [5, 5.41) is 0. The number of likely N-dealkylation sites (tertiary alicyclic amines) is 1. The van der Waals surface area contributed by atoms with Gasteiger partial charge in [-0.1, -0.05) is 0 Å². The molecule has 1 aromatic rings. The number of pyridine rings is 1. The van der Waals surface area contributed by atoms with Crippen molar-refractivity contribution >= 4 is 17.6 Å². The van der Waals surface area contributed by atoms with Crippen LogP contribution in [0.3, 0.4) is 0 Å². The van der Waals surface area contributed by atoms with Crippen LogP contribution >= 0.6 is 0 Å². The Bertz CT molecular complexity index is 417. The number of nitrogens with one attached hydrogen (secondary N) is 1. The van der Waals surface area contributed by atoms with Crippen molar-refractivity contribution < 1.29 is 9.59 Å². The smallest absolute Gasteiger partial charge is 0.229 e. The van der Waals surface area contributed by atoms with Crippen LogP contribution in [0.5, 0.6) is 0 Å². The lowest BCUT2D eigenvalue weighted by Crippen LogP contribution is -2.28. The van der Waals surface area contributed by atoms with E-state index in [2.05, 4.69) is 10.4 Å². The molecule has 3 N–H and O–H groups in total. The molecule has 1 aliphatic heterocycles. The summed E-state index contributed by atoms with van der Waals surface area (Å²) in [5.74, 6) is 5.49. The molecule has 0 radical (unpaired) electrons. The van der Waals surface area contributed by atoms with Crippen LogP contribution in [0.4, 0.5) is 5.82 Å². The van der Waals surface area contributed by atoms with E-state index in [1.54, 1.807) is 18.3 Å². The summed E-state index contributed by atoms with van der Waals surface area (Å²) in [7, 11) is 0. The van der Waals surface area contributed by atoms with E-state index in [-0.39, 0.29) is 18.4 Å². The summed E-state index contributed by atoms with van der Waals surface area (Å²) in [5.41, 5.74) is 3.24. The predicted octanol–water partition coefficient (Wildman–Crippen LogP) is 0.0162. The molecule has 2 amide bonds. The zero-order chi connectivity index (χ0) is 11.5. The number of aromatic nitrogens is 1. The van der Waals surface area contributed by atoms with Crippen molar-refractivity contribution in [1.29, 1.82) is 0 Å². The molecule has 16 heavy (non-hydrogen) atoms. The molecule has 0 aromatic carbocycles. The Kier molecular flexibility index (Phi) is 2.82. The van der Waals surface area contributed by atoms with Gasteiger partial charge >= 0.3 is 0 Å². The van der Waals surface area contributed by atoms with Gasteiger partial charge in [-0.15, -0.1) is 0 Å². The number of nitrogen functional groups attached to an aromatic ring is 1. The van der Waals surface area contributed by atoms with E-state index in [4.69, 9.17) is 5.84 Å². The summed E-state index contributed by atoms with van der Waals surface area (Å²) < 4.78 is 0. The summed E-state index contributed by atoms with van der Waals surface area (Å²) >= 11 is 0. The van der Waals surface area contributed by atoms with Crippen LogP contribution < -0.4 is 11.3 Å². The number of hydrogen-bond donors (Lipinski definition) is 2. The number of nitrogens with two attached hydrogens (primary N) is 1. The molecule has 0 spiro atoms. The first-order valence-electron chi connectivity index (χ1n) is 4.95. The second-order valence-corrected chi connectivity index (χ2v) is 3.57. The highest BCUT2D eigenvalue weighted by Crippen LogP contribution is 2.16. The minimum atomic E-state index is -0.121. The second kappa shape index (κ2) is 4.28. The molecule has 1 fully saturated rings. The standard InChI is InChI=1S/C10H12N4O2/c11-13-8-5-7(3-4-12-8)6-14-9(15)1-2-10(14)16/h3-5H,1-2,6,11H2,(H,12,13). The van der Waals surface area contributed by atoms with Gasteiger partial charge in [0.2, 0.25) is 11.8 Å². The minimum Gasteiger partial charge on any atom is -0.308 e. The summed E-state index contributed by atoms with van der Waals surface area (Å²) in [6.07, 6.45) is 2.20. The maximum Gasteiger partial charge on any atom is 0.229 e.